The number of ether oxygens (including phenoxy) is 2. The van der Waals surface area contributed by atoms with Crippen molar-refractivity contribution >= 4 is 6.47 Å². The van der Waals surface area contributed by atoms with Gasteiger partial charge in [0.05, 0.1) is 6.10 Å². The van der Waals surface area contributed by atoms with Crippen molar-refractivity contribution in [1.29, 1.82) is 0 Å². The first-order valence-electron chi connectivity index (χ1n) is 8.09. The van der Waals surface area contributed by atoms with E-state index in [1.54, 1.807) is 0 Å². The van der Waals surface area contributed by atoms with Gasteiger partial charge in [-0.1, -0.05) is 51.9 Å². The molecule has 0 radical (unpaired) electrons. The molecule has 1 aliphatic carbocycles. The molecule has 0 heterocycles. The molecule has 0 aliphatic heterocycles. The molecule has 1 fully saturated rings. The minimum absolute atomic E-state index is 0.00388. The second-order valence-corrected chi connectivity index (χ2v) is 5.59. The summed E-state index contributed by atoms with van der Waals surface area (Å²) in [6.45, 7) is 3.63. The van der Waals surface area contributed by atoms with Crippen LogP contribution in [-0.4, -0.2) is 25.3 Å². The van der Waals surface area contributed by atoms with E-state index in [0.29, 0.717) is 6.47 Å². The van der Waals surface area contributed by atoms with Gasteiger partial charge in [0, 0.05) is 6.61 Å². The summed E-state index contributed by atoms with van der Waals surface area (Å²) < 4.78 is 11.0. The van der Waals surface area contributed by atoms with Crippen LogP contribution in [0.5, 0.6) is 0 Å². The van der Waals surface area contributed by atoms with Crippen molar-refractivity contribution in [3.63, 3.8) is 0 Å². The molecule has 0 N–H and O–H groups in total. The van der Waals surface area contributed by atoms with Crippen molar-refractivity contribution < 1.29 is 14.3 Å². The molecule has 0 aromatic rings. The molecule has 0 saturated heterocycles. The van der Waals surface area contributed by atoms with Gasteiger partial charge in [0.2, 0.25) is 0 Å². The molecule has 2 unspecified atom stereocenters. The summed E-state index contributed by atoms with van der Waals surface area (Å²) >= 11 is 0. The highest BCUT2D eigenvalue weighted by Crippen LogP contribution is 2.23. The fourth-order valence-corrected chi connectivity index (χ4v) is 2.77. The average Bonchev–Trinajstić information content (AvgIpc) is 2.44. The SMILES string of the molecule is CCCCCCCCCOC1CCCCC1OC=O. The first kappa shape index (κ1) is 16.5. The number of carbonyl (C=O) groups excluding carboxylic acids is 1. The van der Waals surface area contributed by atoms with E-state index in [0.717, 1.165) is 32.3 Å². The molecule has 3 nitrogen and oxygen atoms in total. The van der Waals surface area contributed by atoms with Crippen molar-refractivity contribution in [2.24, 2.45) is 0 Å². The number of carbonyl (C=O) groups is 1. The third-order valence-electron chi connectivity index (χ3n) is 3.95. The van der Waals surface area contributed by atoms with Gasteiger partial charge in [-0.05, 0) is 25.7 Å². The molecule has 1 rings (SSSR count). The first-order chi connectivity index (χ1) is 9.38. The predicted molar refractivity (Wildman–Crippen MR) is 77.1 cm³/mol. The van der Waals surface area contributed by atoms with E-state index in [2.05, 4.69) is 6.92 Å². The van der Waals surface area contributed by atoms with Crippen molar-refractivity contribution in [1.82, 2.24) is 0 Å². The van der Waals surface area contributed by atoms with Gasteiger partial charge in [0.1, 0.15) is 6.10 Å². The molecule has 19 heavy (non-hydrogen) atoms. The molecule has 1 aliphatic rings. The van der Waals surface area contributed by atoms with Gasteiger partial charge in [-0.3, -0.25) is 4.79 Å². The lowest BCUT2D eigenvalue weighted by atomic mass is 9.94. The zero-order chi connectivity index (χ0) is 13.8. The maximum Gasteiger partial charge on any atom is 0.293 e. The predicted octanol–water partition coefficient (Wildman–Crippen LogP) is 4.24. The van der Waals surface area contributed by atoms with E-state index in [9.17, 15) is 4.79 Å². The summed E-state index contributed by atoms with van der Waals surface area (Å²) in [6, 6.07) is 0. The molecule has 2 atom stereocenters. The van der Waals surface area contributed by atoms with Gasteiger partial charge in [0.25, 0.3) is 6.47 Å². The van der Waals surface area contributed by atoms with Crippen LogP contribution < -0.4 is 0 Å². The third kappa shape index (κ3) is 7.56. The van der Waals surface area contributed by atoms with Gasteiger partial charge in [-0.2, -0.15) is 0 Å². The maximum absolute atomic E-state index is 10.4. The zero-order valence-corrected chi connectivity index (χ0v) is 12.4. The van der Waals surface area contributed by atoms with Gasteiger partial charge in [-0.25, -0.2) is 0 Å². The van der Waals surface area contributed by atoms with E-state index in [1.807, 2.05) is 0 Å². The minimum Gasteiger partial charge on any atom is -0.462 e. The fraction of sp³-hybridized carbons (Fsp3) is 0.938. The lowest BCUT2D eigenvalue weighted by Crippen LogP contribution is -2.34. The highest BCUT2D eigenvalue weighted by atomic mass is 16.6. The number of hydrogen-bond donors (Lipinski definition) is 0. The van der Waals surface area contributed by atoms with Gasteiger partial charge >= 0.3 is 0 Å². The standard InChI is InChI=1S/C16H30O3/c1-2-3-4-5-6-7-10-13-18-15-11-8-9-12-16(15)19-14-17/h14-16H,2-13H2,1H3. The molecule has 112 valence electrons. The quantitative estimate of drug-likeness (QED) is 0.416. The lowest BCUT2D eigenvalue weighted by molar-refractivity contribution is -0.145. The van der Waals surface area contributed by atoms with Crippen molar-refractivity contribution in [3.05, 3.63) is 0 Å². The second-order valence-electron chi connectivity index (χ2n) is 5.59. The maximum atomic E-state index is 10.4. The Kier molecular flexibility index (Phi) is 9.78. The van der Waals surface area contributed by atoms with Crippen LogP contribution in [0.1, 0.15) is 77.6 Å². The number of rotatable bonds is 11. The topological polar surface area (TPSA) is 35.5 Å². The Morgan fingerprint density at radius 2 is 1.58 bits per heavy atom. The monoisotopic (exact) mass is 270 g/mol. The van der Waals surface area contributed by atoms with Crippen molar-refractivity contribution in [2.45, 2.75) is 89.8 Å². The lowest BCUT2D eigenvalue weighted by Gasteiger charge is -2.29. The van der Waals surface area contributed by atoms with Gasteiger partial charge in [0.15, 0.2) is 0 Å². The molecule has 1 saturated carbocycles. The molecule has 0 aromatic carbocycles. The Morgan fingerprint density at radius 1 is 0.947 bits per heavy atom. The van der Waals surface area contributed by atoms with E-state index >= 15 is 0 Å². The molecule has 3 heteroatoms. The molecule has 0 aromatic heterocycles. The van der Waals surface area contributed by atoms with Crippen LogP contribution in [0.3, 0.4) is 0 Å². The normalized spacial score (nSPS) is 23.2. The van der Waals surface area contributed by atoms with Crippen LogP contribution in [0.4, 0.5) is 0 Å². The van der Waals surface area contributed by atoms with Crippen LogP contribution in [0.2, 0.25) is 0 Å². The summed E-state index contributed by atoms with van der Waals surface area (Å²) in [4.78, 5) is 10.4. The van der Waals surface area contributed by atoms with Gasteiger partial charge in [-0.15, -0.1) is 0 Å². The number of unbranched alkanes of at least 4 members (excludes halogenated alkanes) is 6. The Hall–Kier alpha value is -0.570. The Balaban J connectivity index is 1.99. The highest BCUT2D eigenvalue weighted by Gasteiger charge is 2.26. The smallest absolute Gasteiger partial charge is 0.293 e. The highest BCUT2D eigenvalue weighted by molar-refractivity contribution is 5.37. The first-order valence-corrected chi connectivity index (χ1v) is 8.09. The zero-order valence-electron chi connectivity index (χ0n) is 12.4. The summed E-state index contributed by atoms with van der Waals surface area (Å²) in [5.74, 6) is 0. The second kappa shape index (κ2) is 11.3. The van der Waals surface area contributed by atoms with Crippen LogP contribution in [-0.2, 0) is 14.3 Å². The molecule has 0 bridgehead atoms. The summed E-state index contributed by atoms with van der Waals surface area (Å²) in [5, 5.41) is 0. The van der Waals surface area contributed by atoms with Crippen LogP contribution >= 0.6 is 0 Å². The van der Waals surface area contributed by atoms with Crippen LogP contribution in [0, 0.1) is 0 Å². The van der Waals surface area contributed by atoms with Gasteiger partial charge < -0.3 is 9.47 Å². The van der Waals surface area contributed by atoms with Crippen LogP contribution in [0.15, 0.2) is 0 Å². The molecule has 0 amide bonds. The molecular weight excluding hydrogens is 240 g/mol. The van der Waals surface area contributed by atoms with E-state index in [1.165, 1.54) is 44.9 Å². The third-order valence-corrected chi connectivity index (χ3v) is 3.95. The average molecular weight is 270 g/mol. The minimum atomic E-state index is -0.00388. The van der Waals surface area contributed by atoms with E-state index in [4.69, 9.17) is 9.47 Å². The fourth-order valence-electron chi connectivity index (χ4n) is 2.77. The van der Waals surface area contributed by atoms with Crippen molar-refractivity contribution in [2.75, 3.05) is 6.61 Å². The molecule has 0 spiro atoms. The Labute approximate surface area is 118 Å². The molecular formula is C16H30O3. The van der Waals surface area contributed by atoms with Crippen LogP contribution in [0.25, 0.3) is 0 Å². The summed E-state index contributed by atoms with van der Waals surface area (Å²) in [6.07, 6.45) is 13.6. The van der Waals surface area contributed by atoms with E-state index < -0.39 is 0 Å². The van der Waals surface area contributed by atoms with E-state index in [-0.39, 0.29) is 12.2 Å². The Bertz CT molecular complexity index is 218. The Morgan fingerprint density at radius 3 is 2.26 bits per heavy atom. The van der Waals surface area contributed by atoms with Crippen molar-refractivity contribution in [3.8, 4) is 0 Å². The number of hydrogen-bond acceptors (Lipinski definition) is 3. The summed E-state index contributed by atoms with van der Waals surface area (Å²) in [7, 11) is 0. The summed E-state index contributed by atoms with van der Waals surface area (Å²) in [5.41, 5.74) is 0. The largest absolute Gasteiger partial charge is 0.462 e.